The Morgan fingerprint density at radius 1 is 1.20 bits per heavy atom. The minimum absolute atomic E-state index is 0.0507. The Bertz CT molecular complexity index is 701. The third kappa shape index (κ3) is 3.42. The Hall–Kier alpha value is -2.28. The van der Waals surface area contributed by atoms with Gasteiger partial charge in [-0.3, -0.25) is 14.4 Å². The van der Waals surface area contributed by atoms with E-state index in [2.05, 4.69) is 4.90 Å². The summed E-state index contributed by atoms with van der Waals surface area (Å²) in [5.41, 5.74) is 0.212. The zero-order valence-electron chi connectivity index (χ0n) is 14.4. The Labute approximate surface area is 146 Å². The maximum Gasteiger partial charge on any atom is 0.254 e. The Balaban J connectivity index is 1.59. The minimum Gasteiger partial charge on any atom is -0.341 e. The lowest BCUT2D eigenvalue weighted by Crippen LogP contribution is -2.56. The second-order valence-corrected chi connectivity index (χ2v) is 6.95. The summed E-state index contributed by atoms with van der Waals surface area (Å²) in [4.78, 5) is 41.5. The fourth-order valence-electron chi connectivity index (χ4n) is 3.41. The van der Waals surface area contributed by atoms with E-state index < -0.39 is 11.7 Å². The molecule has 0 bridgehead atoms. The standard InChI is InChI=1S/C18H22FN3O3/c1-20(2)15-5-6-21(10-15)17(24)13-8-22(9-13)18(25)16-7-14(19)4-3-12(16)11-23/h3-4,7,11,13,15H,5-6,8-10H2,1-2H3. The molecule has 2 aliphatic heterocycles. The lowest BCUT2D eigenvalue weighted by molar-refractivity contribution is -0.138. The van der Waals surface area contributed by atoms with Gasteiger partial charge in [-0.1, -0.05) is 0 Å². The zero-order valence-corrected chi connectivity index (χ0v) is 14.4. The third-order valence-corrected chi connectivity index (χ3v) is 5.10. The highest BCUT2D eigenvalue weighted by Gasteiger charge is 2.40. The summed E-state index contributed by atoms with van der Waals surface area (Å²) in [7, 11) is 4.01. The number of carbonyl (C=O) groups excluding carboxylic acids is 3. The highest BCUT2D eigenvalue weighted by atomic mass is 19.1. The van der Waals surface area contributed by atoms with Gasteiger partial charge in [-0.05, 0) is 38.7 Å². The Morgan fingerprint density at radius 3 is 2.52 bits per heavy atom. The second kappa shape index (κ2) is 6.92. The summed E-state index contributed by atoms with van der Waals surface area (Å²) in [6.07, 6.45) is 1.50. The van der Waals surface area contributed by atoms with Crippen molar-refractivity contribution in [2.45, 2.75) is 12.5 Å². The summed E-state index contributed by atoms with van der Waals surface area (Å²) < 4.78 is 13.4. The molecule has 0 aliphatic carbocycles. The number of likely N-dealkylation sites (tertiary alicyclic amines) is 2. The monoisotopic (exact) mass is 347 g/mol. The number of carbonyl (C=O) groups is 3. The van der Waals surface area contributed by atoms with Crippen molar-refractivity contribution in [3.8, 4) is 0 Å². The van der Waals surface area contributed by atoms with Crippen LogP contribution in [-0.4, -0.2) is 79.1 Å². The molecule has 1 aromatic rings. The molecule has 25 heavy (non-hydrogen) atoms. The lowest BCUT2D eigenvalue weighted by Gasteiger charge is -2.40. The van der Waals surface area contributed by atoms with Gasteiger partial charge in [-0.2, -0.15) is 0 Å². The van der Waals surface area contributed by atoms with E-state index in [-0.39, 0.29) is 23.0 Å². The molecule has 6 nitrogen and oxygen atoms in total. The summed E-state index contributed by atoms with van der Waals surface area (Å²) >= 11 is 0. The molecule has 1 unspecified atom stereocenters. The molecule has 134 valence electrons. The van der Waals surface area contributed by atoms with Crippen molar-refractivity contribution in [3.63, 3.8) is 0 Å². The number of nitrogens with zero attached hydrogens (tertiary/aromatic N) is 3. The van der Waals surface area contributed by atoms with Gasteiger partial charge in [0.25, 0.3) is 5.91 Å². The maximum absolute atomic E-state index is 13.4. The number of amides is 2. The summed E-state index contributed by atoms with van der Waals surface area (Å²) in [6.45, 7) is 2.09. The van der Waals surface area contributed by atoms with E-state index >= 15 is 0 Å². The fourth-order valence-corrected chi connectivity index (χ4v) is 3.41. The van der Waals surface area contributed by atoms with E-state index in [1.54, 1.807) is 0 Å². The van der Waals surface area contributed by atoms with Crippen molar-refractivity contribution in [2.75, 3.05) is 40.3 Å². The third-order valence-electron chi connectivity index (χ3n) is 5.10. The Morgan fingerprint density at radius 2 is 1.92 bits per heavy atom. The van der Waals surface area contributed by atoms with Gasteiger partial charge in [-0.25, -0.2) is 4.39 Å². The van der Waals surface area contributed by atoms with Gasteiger partial charge in [0.05, 0.1) is 11.5 Å². The molecule has 1 atom stereocenters. The molecule has 1 aromatic carbocycles. The van der Waals surface area contributed by atoms with Crippen LogP contribution in [0.5, 0.6) is 0 Å². The molecule has 3 rings (SSSR count). The van der Waals surface area contributed by atoms with Crippen LogP contribution in [0.1, 0.15) is 27.1 Å². The number of halogens is 1. The van der Waals surface area contributed by atoms with Gasteiger partial charge < -0.3 is 14.7 Å². The molecule has 0 N–H and O–H groups in total. The van der Waals surface area contributed by atoms with Crippen LogP contribution in [0.3, 0.4) is 0 Å². The molecule has 7 heteroatoms. The molecule has 2 heterocycles. The summed E-state index contributed by atoms with van der Waals surface area (Å²) in [6, 6.07) is 3.90. The van der Waals surface area contributed by atoms with Crippen molar-refractivity contribution in [2.24, 2.45) is 5.92 Å². The first kappa shape index (κ1) is 17.5. The minimum atomic E-state index is -0.561. The molecular weight excluding hydrogens is 325 g/mol. The molecule has 0 radical (unpaired) electrons. The highest BCUT2D eigenvalue weighted by molar-refractivity contribution is 6.02. The second-order valence-electron chi connectivity index (χ2n) is 6.95. The average Bonchev–Trinajstić information content (AvgIpc) is 3.03. The van der Waals surface area contributed by atoms with E-state index in [1.165, 1.54) is 11.0 Å². The number of hydrogen-bond donors (Lipinski definition) is 0. The number of benzene rings is 1. The summed E-state index contributed by atoms with van der Waals surface area (Å²) in [5, 5.41) is 0. The normalized spacial score (nSPS) is 20.7. The largest absolute Gasteiger partial charge is 0.341 e. The SMILES string of the molecule is CN(C)C1CCN(C(=O)C2CN(C(=O)c3cc(F)ccc3C=O)C2)C1. The predicted octanol–water partition coefficient (Wildman–Crippen LogP) is 0.873. The van der Waals surface area contributed by atoms with Crippen molar-refractivity contribution in [1.29, 1.82) is 0 Å². The van der Waals surface area contributed by atoms with Gasteiger partial charge in [-0.15, -0.1) is 0 Å². The molecule has 0 aromatic heterocycles. The van der Waals surface area contributed by atoms with Crippen LogP contribution < -0.4 is 0 Å². The van der Waals surface area contributed by atoms with Gasteiger partial charge >= 0.3 is 0 Å². The van der Waals surface area contributed by atoms with Crippen molar-refractivity contribution >= 4 is 18.1 Å². The predicted molar refractivity (Wildman–Crippen MR) is 89.9 cm³/mol. The fraction of sp³-hybridized carbons (Fsp3) is 0.500. The molecule has 2 amide bonds. The van der Waals surface area contributed by atoms with Crippen LogP contribution >= 0.6 is 0 Å². The first-order valence-electron chi connectivity index (χ1n) is 8.40. The molecule has 2 fully saturated rings. The molecular formula is C18H22FN3O3. The Kier molecular flexibility index (Phi) is 4.85. The van der Waals surface area contributed by atoms with Crippen molar-refractivity contribution < 1.29 is 18.8 Å². The van der Waals surface area contributed by atoms with Gasteiger partial charge in [0.15, 0.2) is 6.29 Å². The van der Waals surface area contributed by atoms with E-state index in [1.807, 2.05) is 19.0 Å². The molecule has 0 spiro atoms. The molecule has 0 saturated carbocycles. The lowest BCUT2D eigenvalue weighted by atomic mass is 9.96. The number of hydrogen-bond acceptors (Lipinski definition) is 4. The molecule has 2 saturated heterocycles. The van der Waals surface area contributed by atoms with Crippen molar-refractivity contribution in [1.82, 2.24) is 14.7 Å². The van der Waals surface area contributed by atoms with Gasteiger partial charge in [0.2, 0.25) is 5.91 Å². The van der Waals surface area contributed by atoms with E-state index in [0.29, 0.717) is 25.4 Å². The number of rotatable bonds is 4. The number of likely N-dealkylation sites (N-methyl/N-ethyl adjacent to an activating group) is 1. The van der Waals surface area contributed by atoms with Crippen LogP contribution in [0.25, 0.3) is 0 Å². The van der Waals surface area contributed by atoms with Crippen LogP contribution in [-0.2, 0) is 4.79 Å². The van der Waals surface area contributed by atoms with E-state index in [0.717, 1.165) is 31.6 Å². The summed E-state index contributed by atoms with van der Waals surface area (Å²) in [5.74, 6) is -1.10. The van der Waals surface area contributed by atoms with Crippen LogP contribution in [0.4, 0.5) is 4.39 Å². The first-order valence-corrected chi connectivity index (χ1v) is 8.40. The molecule has 2 aliphatic rings. The van der Waals surface area contributed by atoms with Crippen LogP contribution in [0.15, 0.2) is 18.2 Å². The average molecular weight is 347 g/mol. The first-order chi connectivity index (χ1) is 11.9. The van der Waals surface area contributed by atoms with E-state index in [9.17, 15) is 18.8 Å². The van der Waals surface area contributed by atoms with Crippen molar-refractivity contribution in [3.05, 3.63) is 35.1 Å². The topological polar surface area (TPSA) is 60.9 Å². The quantitative estimate of drug-likeness (QED) is 0.759. The smallest absolute Gasteiger partial charge is 0.254 e. The zero-order chi connectivity index (χ0) is 18.1. The van der Waals surface area contributed by atoms with Gasteiger partial charge in [0, 0.05) is 37.8 Å². The highest BCUT2D eigenvalue weighted by Crippen LogP contribution is 2.24. The number of aldehydes is 1. The van der Waals surface area contributed by atoms with E-state index in [4.69, 9.17) is 0 Å². The van der Waals surface area contributed by atoms with Crippen LogP contribution in [0.2, 0.25) is 0 Å². The maximum atomic E-state index is 13.4. The van der Waals surface area contributed by atoms with Crippen LogP contribution in [0, 0.1) is 11.7 Å². The van der Waals surface area contributed by atoms with Gasteiger partial charge in [0.1, 0.15) is 5.82 Å².